The van der Waals surface area contributed by atoms with Crippen LogP contribution in [0.5, 0.6) is 0 Å². The minimum absolute atomic E-state index is 0.350. The number of benzene rings is 1. The molecule has 136 valence electrons. The van der Waals surface area contributed by atoms with E-state index in [0.717, 1.165) is 36.9 Å². The van der Waals surface area contributed by atoms with Crippen molar-refractivity contribution in [2.24, 2.45) is 0 Å². The molecule has 2 aliphatic carbocycles. The highest BCUT2D eigenvalue weighted by Crippen LogP contribution is 2.62. The van der Waals surface area contributed by atoms with Gasteiger partial charge in [0.15, 0.2) is 7.14 Å². The van der Waals surface area contributed by atoms with Gasteiger partial charge in [-0.1, -0.05) is 56.6 Å². The molecule has 2 aliphatic rings. The van der Waals surface area contributed by atoms with Gasteiger partial charge in [-0.25, -0.2) is 0 Å². The summed E-state index contributed by atoms with van der Waals surface area (Å²) in [6.07, 6.45) is 12.0. The van der Waals surface area contributed by atoms with Gasteiger partial charge in [-0.3, -0.25) is 0 Å². The van der Waals surface area contributed by atoms with E-state index < -0.39 is 7.14 Å². The third-order valence-electron chi connectivity index (χ3n) is 5.99. The molecule has 0 spiro atoms. The third kappa shape index (κ3) is 4.32. The zero-order chi connectivity index (χ0) is 17.7. The molecule has 2 fully saturated rings. The van der Waals surface area contributed by atoms with Crippen LogP contribution in [0.2, 0.25) is 0 Å². The highest BCUT2D eigenvalue weighted by molar-refractivity contribution is 7.70. The molecular formula is C22H32NOP. The standard InChI is InChI=1S/C22H32NOP/c1-23(2)22-16-10-9-11-19(22)17-18-25(24,20-12-5-3-6-13-20)21-14-7-4-8-15-21/h9-11,16,20-21H,3-8,12-15H2,1-2H3. The maximum Gasteiger partial charge on any atom is 0.161 e. The summed E-state index contributed by atoms with van der Waals surface area (Å²) in [4.78, 5) is 2.09. The lowest BCUT2D eigenvalue weighted by Crippen LogP contribution is -2.22. The van der Waals surface area contributed by atoms with Crippen molar-refractivity contribution in [2.75, 3.05) is 19.0 Å². The van der Waals surface area contributed by atoms with Crippen LogP contribution in [0.3, 0.4) is 0 Å². The summed E-state index contributed by atoms with van der Waals surface area (Å²) in [5.41, 5.74) is 6.26. The van der Waals surface area contributed by atoms with E-state index in [4.69, 9.17) is 0 Å². The van der Waals surface area contributed by atoms with Crippen LogP contribution in [-0.2, 0) is 4.57 Å². The topological polar surface area (TPSA) is 20.3 Å². The molecule has 0 saturated heterocycles. The highest BCUT2D eigenvalue weighted by atomic mass is 31.2. The Kier molecular flexibility index (Phi) is 6.29. The van der Waals surface area contributed by atoms with E-state index in [1.807, 2.05) is 26.2 Å². The number of nitrogens with zero attached hydrogens (tertiary/aromatic N) is 1. The lowest BCUT2D eigenvalue weighted by Gasteiger charge is -2.34. The van der Waals surface area contributed by atoms with E-state index in [0.29, 0.717) is 11.3 Å². The van der Waals surface area contributed by atoms with Gasteiger partial charge in [0, 0.05) is 31.0 Å². The second kappa shape index (κ2) is 8.46. The molecule has 0 unspecified atom stereocenters. The van der Waals surface area contributed by atoms with Crippen molar-refractivity contribution in [1.82, 2.24) is 0 Å². The van der Waals surface area contributed by atoms with E-state index in [2.05, 4.69) is 28.6 Å². The van der Waals surface area contributed by atoms with Crippen LogP contribution in [0.4, 0.5) is 5.69 Å². The first-order chi connectivity index (χ1) is 12.1. The minimum Gasteiger partial charge on any atom is -0.377 e. The summed E-state index contributed by atoms with van der Waals surface area (Å²) in [6.45, 7) is 0. The maximum absolute atomic E-state index is 14.2. The van der Waals surface area contributed by atoms with Gasteiger partial charge in [0.25, 0.3) is 0 Å². The van der Waals surface area contributed by atoms with Gasteiger partial charge < -0.3 is 9.46 Å². The van der Waals surface area contributed by atoms with E-state index >= 15 is 0 Å². The molecule has 2 saturated carbocycles. The molecule has 0 atom stereocenters. The van der Waals surface area contributed by atoms with Crippen LogP contribution >= 0.6 is 7.14 Å². The molecular weight excluding hydrogens is 325 g/mol. The van der Waals surface area contributed by atoms with Gasteiger partial charge in [-0.2, -0.15) is 0 Å². The smallest absolute Gasteiger partial charge is 0.161 e. The van der Waals surface area contributed by atoms with Crippen molar-refractivity contribution >= 4 is 12.8 Å². The van der Waals surface area contributed by atoms with Gasteiger partial charge in [0.2, 0.25) is 0 Å². The Bertz CT molecular complexity index is 651. The molecule has 0 aliphatic heterocycles. The molecule has 0 N–H and O–H groups in total. The normalized spacial score (nSPS) is 19.9. The quantitative estimate of drug-likeness (QED) is 0.482. The van der Waals surface area contributed by atoms with E-state index in [9.17, 15) is 4.57 Å². The molecule has 25 heavy (non-hydrogen) atoms. The molecule has 1 aromatic carbocycles. The average molecular weight is 357 g/mol. The van der Waals surface area contributed by atoms with Crippen LogP contribution in [0.25, 0.3) is 0 Å². The lowest BCUT2D eigenvalue weighted by molar-refractivity contribution is 0.453. The predicted molar refractivity (Wildman–Crippen MR) is 109 cm³/mol. The van der Waals surface area contributed by atoms with E-state index in [-0.39, 0.29) is 0 Å². The second-order valence-corrected chi connectivity index (χ2v) is 11.0. The molecule has 2 nitrogen and oxygen atoms in total. The number of hydrogen-bond acceptors (Lipinski definition) is 2. The monoisotopic (exact) mass is 357 g/mol. The highest BCUT2D eigenvalue weighted by Gasteiger charge is 2.40. The van der Waals surface area contributed by atoms with Crippen molar-refractivity contribution in [2.45, 2.75) is 75.5 Å². The predicted octanol–water partition coefficient (Wildman–Crippen LogP) is 6.09. The minimum atomic E-state index is -2.47. The number of rotatable bonds is 3. The summed E-state index contributed by atoms with van der Waals surface area (Å²) in [7, 11) is 1.62. The molecule has 0 bridgehead atoms. The Morgan fingerprint density at radius 2 is 1.40 bits per heavy atom. The van der Waals surface area contributed by atoms with Crippen molar-refractivity contribution in [3.05, 3.63) is 29.8 Å². The Morgan fingerprint density at radius 3 is 1.92 bits per heavy atom. The van der Waals surface area contributed by atoms with Crippen molar-refractivity contribution in [3.63, 3.8) is 0 Å². The van der Waals surface area contributed by atoms with Crippen molar-refractivity contribution in [3.8, 4) is 11.6 Å². The number of anilines is 1. The Morgan fingerprint density at radius 1 is 0.880 bits per heavy atom. The van der Waals surface area contributed by atoms with Gasteiger partial charge >= 0.3 is 0 Å². The fourth-order valence-corrected chi connectivity index (χ4v) is 8.05. The molecule has 3 rings (SSSR count). The molecule has 0 radical (unpaired) electrons. The van der Waals surface area contributed by atoms with Crippen LogP contribution < -0.4 is 4.90 Å². The van der Waals surface area contributed by atoms with Gasteiger partial charge in [-0.05, 0) is 43.5 Å². The number of hydrogen-bond donors (Lipinski definition) is 0. The molecule has 1 aromatic rings. The van der Waals surface area contributed by atoms with Crippen molar-refractivity contribution < 1.29 is 4.57 Å². The van der Waals surface area contributed by atoms with E-state index in [1.54, 1.807) is 0 Å². The van der Waals surface area contributed by atoms with Crippen LogP contribution in [0.1, 0.15) is 69.8 Å². The molecule has 0 aromatic heterocycles. The van der Waals surface area contributed by atoms with Gasteiger partial charge in [0.05, 0.1) is 5.69 Å². The van der Waals surface area contributed by atoms with Crippen molar-refractivity contribution in [1.29, 1.82) is 0 Å². The second-order valence-electron chi connectivity index (χ2n) is 7.94. The van der Waals surface area contributed by atoms with Crippen LogP contribution in [0.15, 0.2) is 24.3 Å². The number of para-hydroxylation sites is 1. The summed E-state index contributed by atoms with van der Waals surface area (Å²) >= 11 is 0. The zero-order valence-electron chi connectivity index (χ0n) is 15.8. The largest absolute Gasteiger partial charge is 0.377 e. The fourth-order valence-electron chi connectivity index (χ4n) is 4.53. The zero-order valence-corrected chi connectivity index (χ0v) is 16.7. The summed E-state index contributed by atoms with van der Waals surface area (Å²) in [5.74, 6) is 3.38. The summed E-state index contributed by atoms with van der Waals surface area (Å²) < 4.78 is 14.2. The SMILES string of the molecule is CN(C)c1ccccc1C#CP(=O)(C1CCCCC1)C1CCCCC1. The summed E-state index contributed by atoms with van der Waals surface area (Å²) in [5, 5.41) is 0. The molecule has 3 heteroatoms. The Hall–Kier alpha value is -1.19. The third-order valence-corrected chi connectivity index (χ3v) is 9.65. The average Bonchev–Trinajstić information content (AvgIpc) is 2.67. The first-order valence-corrected chi connectivity index (χ1v) is 11.8. The first-order valence-electron chi connectivity index (χ1n) is 10.0. The summed E-state index contributed by atoms with van der Waals surface area (Å²) in [6, 6.07) is 8.23. The molecule has 0 heterocycles. The van der Waals surface area contributed by atoms with Gasteiger partial charge in [0.1, 0.15) is 0 Å². The maximum atomic E-state index is 14.2. The lowest BCUT2D eigenvalue weighted by atomic mass is 9.99. The van der Waals surface area contributed by atoms with Gasteiger partial charge in [-0.15, -0.1) is 0 Å². The Labute approximate surface area is 153 Å². The van der Waals surface area contributed by atoms with Crippen LogP contribution in [0, 0.1) is 11.6 Å². The Balaban J connectivity index is 1.94. The fraction of sp³-hybridized carbons (Fsp3) is 0.636. The van der Waals surface area contributed by atoms with Crippen LogP contribution in [-0.4, -0.2) is 25.4 Å². The van der Waals surface area contributed by atoms with E-state index in [1.165, 1.54) is 38.5 Å². The molecule has 0 amide bonds. The first kappa shape index (κ1) is 18.6.